The van der Waals surface area contributed by atoms with Crippen LogP contribution >= 0.6 is 0 Å². The van der Waals surface area contributed by atoms with Crippen molar-refractivity contribution in [3.8, 4) is 0 Å². The van der Waals surface area contributed by atoms with Gasteiger partial charge < -0.3 is 19.0 Å². The van der Waals surface area contributed by atoms with E-state index in [-0.39, 0.29) is 30.5 Å². The molecule has 2 heterocycles. The van der Waals surface area contributed by atoms with E-state index in [0.29, 0.717) is 25.3 Å². The van der Waals surface area contributed by atoms with Crippen LogP contribution in [0.2, 0.25) is 0 Å². The highest BCUT2D eigenvalue weighted by Gasteiger charge is 2.35. The zero-order valence-corrected chi connectivity index (χ0v) is 16.7. The number of nitrogens with zero attached hydrogens (tertiary/aromatic N) is 2. The summed E-state index contributed by atoms with van der Waals surface area (Å²) in [5.74, 6) is -0.175. The molecule has 0 radical (unpaired) electrons. The van der Waals surface area contributed by atoms with Gasteiger partial charge in [-0.1, -0.05) is 49.6 Å². The Hall–Kier alpha value is -2.60. The van der Waals surface area contributed by atoms with Gasteiger partial charge in [-0.3, -0.25) is 9.59 Å². The van der Waals surface area contributed by atoms with Gasteiger partial charge in [0.25, 0.3) is 5.91 Å². The average Bonchev–Trinajstić information content (AvgIpc) is 3.24. The summed E-state index contributed by atoms with van der Waals surface area (Å²) in [5, 5.41) is 0. The molecule has 29 heavy (non-hydrogen) atoms. The molecule has 2 amide bonds. The normalized spacial score (nSPS) is 21.2. The number of carbonyl (C=O) groups excluding carboxylic acids is 2. The van der Waals surface area contributed by atoms with E-state index in [1.165, 1.54) is 18.9 Å². The summed E-state index contributed by atoms with van der Waals surface area (Å²) in [4.78, 5) is 29.5. The van der Waals surface area contributed by atoms with E-state index in [1.807, 2.05) is 35.2 Å². The van der Waals surface area contributed by atoms with Gasteiger partial charge in [-0.15, -0.1) is 0 Å². The number of amides is 2. The number of carbonyl (C=O) groups is 2. The van der Waals surface area contributed by atoms with Gasteiger partial charge in [0.05, 0.1) is 24.5 Å². The number of benzene rings is 1. The first kappa shape index (κ1) is 19.7. The topological polar surface area (TPSA) is 63.0 Å². The van der Waals surface area contributed by atoms with Crippen LogP contribution in [0.4, 0.5) is 0 Å². The smallest absolute Gasteiger partial charge is 0.257 e. The molecule has 6 nitrogen and oxygen atoms in total. The molecule has 2 fully saturated rings. The number of ether oxygens (including phenoxy) is 1. The summed E-state index contributed by atoms with van der Waals surface area (Å²) in [7, 11) is 0. The second-order valence-corrected chi connectivity index (χ2v) is 7.95. The third-order valence-electron chi connectivity index (χ3n) is 5.87. The van der Waals surface area contributed by atoms with Crippen molar-refractivity contribution in [1.29, 1.82) is 0 Å². The minimum atomic E-state index is -0.223. The highest BCUT2D eigenvalue weighted by Crippen LogP contribution is 2.25. The molecule has 154 valence electrons. The molecule has 6 heteroatoms. The van der Waals surface area contributed by atoms with E-state index < -0.39 is 0 Å². The summed E-state index contributed by atoms with van der Waals surface area (Å²) in [6.45, 7) is 1.48. The molecular formula is C23H28N2O4. The molecule has 2 aromatic rings. The molecular weight excluding hydrogens is 368 g/mol. The SMILES string of the molecule is O=C(c1ccoc1)N1CC(=O)N(C2CCCCC2)C[C@H](OCc2ccccc2)C1. The predicted molar refractivity (Wildman–Crippen MR) is 108 cm³/mol. The van der Waals surface area contributed by atoms with Crippen LogP contribution in [0.15, 0.2) is 53.3 Å². The van der Waals surface area contributed by atoms with E-state index >= 15 is 0 Å². The summed E-state index contributed by atoms with van der Waals surface area (Å²) in [5.41, 5.74) is 1.55. The number of hydrogen-bond acceptors (Lipinski definition) is 4. The molecule has 0 bridgehead atoms. The molecule has 4 rings (SSSR count). The van der Waals surface area contributed by atoms with Gasteiger partial charge in [-0.05, 0) is 24.5 Å². The third-order valence-corrected chi connectivity index (χ3v) is 5.87. The van der Waals surface area contributed by atoms with Gasteiger partial charge in [-0.2, -0.15) is 0 Å². The van der Waals surface area contributed by atoms with Crippen molar-refractivity contribution in [2.24, 2.45) is 0 Å². The molecule has 1 atom stereocenters. The van der Waals surface area contributed by atoms with Crippen molar-refractivity contribution < 1.29 is 18.7 Å². The lowest BCUT2D eigenvalue weighted by atomic mass is 9.94. The zero-order chi connectivity index (χ0) is 20.1. The lowest BCUT2D eigenvalue weighted by molar-refractivity contribution is -0.134. The van der Waals surface area contributed by atoms with E-state index in [4.69, 9.17) is 9.15 Å². The standard InChI is InChI=1S/C23H28N2O4/c26-22-15-24(23(27)19-11-12-28-17-19)13-21(29-16-18-7-3-1-4-8-18)14-25(22)20-9-5-2-6-10-20/h1,3-4,7-8,11-12,17,20-21H,2,5-6,9-10,13-16H2/t21-/m1/s1. The fourth-order valence-corrected chi connectivity index (χ4v) is 4.31. The molecule has 1 saturated carbocycles. The Balaban J connectivity index is 1.51. The molecule has 0 unspecified atom stereocenters. The number of hydrogen-bond donors (Lipinski definition) is 0. The second kappa shape index (κ2) is 9.27. The Morgan fingerprint density at radius 2 is 1.86 bits per heavy atom. The van der Waals surface area contributed by atoms with Gasteiger partial charge in [0.15, 0.2) is 0 Å². The van der Waals surface area contributed by atoms with E-state index in [9.17, 15) is 9.59 Å². The Labute approximate surface area is 171 Å². The monoisotopic (exact) mass is 396 g/mol. The average molecular weight is 396 g/mol. The first-order valence-corrected chi connectivity index (χ1v) is 10.5. The number of rotatable bonds is 5. The predicted octanol–water partition coefficient (Wildman–Crippen LogP) is 3.48. The largest absolute Gasteiger partial charge is 0.472 e. The van der Waals surface area contributed by atoms with Gasteiger partial charge >= 0.3 is 0 Å². The van der Waals surface area contributed by atoms with Crippen molar-refractivity contribution in [3.63, 3.8) is 0 Å². The molecule has 1 aliphatic carbocycles. The lowest BCUT2D eigenvalue weighted by Gasteiger charge is -2.34. The molecule has 2 aliphatic rings. The Morgan fingerprint density at radius 3 is 2.59 bits per heavy atom. The number of furan rings is 1. The van der Waals surface area contributed by atoms with Crippen LogP contribution in [0.5, 0.6) is 0 Å². The van der Waals surface area contributed by atoms with Crippen LogP contribution in [-0.4, -0.2) is 53.4 Å². The van der Waals surface area contributed by atoms with Crippen molar-refractivity contribution in [1.82, 2.24) is 9.80 Å². The first-order chi connectivity index (χ1) is 14.2. The van der Waals surface area contributed by atoms with Gasteiger partial charge in [0.1, 0.15) is 12.8 Å². The maximum Gasteiger partial charge on any atom is 0.257 e. The lowest BCUT2D eigenvalue weighted by Crippen LogP contribution is -2.46. The van der Waals surface area contributed by atoms with Crippen LogP contribution in [-0.2, 0) is 16.1 Å². The first-order valence-electron chi connectivity index (χ1n) is 10.5. The fraction of sp³-hybridized carbons (Fsp3) is 0.478. The van der Waals surface area contributed by atoms with Crippen LogP contribution < -0.4 is 0 Å². The summed E-state index contributed by atoms with van der Waals surface area (Å²) in [6, 6.07) is 11.9. The second-order valence-electron chi connectivity index (χ2n) is 7.95. The van der Waals surface area contributed by atoms with E-state index in [0.717, 1.165) is 31.2 Å². The highest BCUT2D eigenvalue weighted by molar-refractivity contribution is 5.96. The van der Waals surface area contributed by atoms with Crippen LogP contribution in [0.1, 0.15) is 48.0 Å². The van der Waals surface area contributed by atoms with Crippen molar-refractivity contribution in [2.75, 3.05) is 19.6 Å². The molecule has 1 saturated heterocycles. The maximum atomic E-state index is 13.1. The minimum Gasteiger partial charge on any atom is -0.472 e. The fourth-order valence-electron chi connectivity index (χ4n) is 4.31. The Kier molecular flexibility index (Phi) is 6.30. The van der Waals surface area contributed by atoms with E-state index in [2.05, 4.69) is 0 Å². The molecule has 1 aromatic carbocycles. The quantitative estimate of drug-likeness (QED) is 0.776. The third kappa shape index (κ3) is 4.88. The van der Waals surface area contributed by atoms with E-state index in [1.54, 1.807) is 11.0 Å². The summed E-state index contributed by atoms with van der Waals surface area (Å²) < 4.78 is 11.3. The summed E-state index contributed by atoms with van der Waals surface area (Å²) >= 11 is 0. The molecule has 0 spiro atoms. The van der Waals surface area contributed by atoms with Crippen molar-refractivity contribution in [3.05, 3.63) is 60.1 Å². The van der Waals surface area contributed by atoms with Crippen LogP contribution in [0, 0.1) is 0 Å². The summed E-state index contributed by atoms with van der Waals surface area (Å²) in [6.07, 6.45) is 8.29. The van der Waals surface area contributed by atoms with Crippen LogP contribution in [0.25, 0.3) is 0 Å². The molecule has 1 aliphatic heterocycles. The van der Waals surface area contributed by atoms with Crippen molar-refractivity contribution >= 4 is 11.8 Å². The highest BCUT2D eigenvalue weighted by atomic mass is 16.5. The zero-order valence-electron chi connectivity index (χ0n) is 16.7. The minimum absolute atomic E-state index is 0.0135. The Morgan fingerprint density at radius 1 is 1.07 bits per heavy atom. The van der Waals surface area contributed by atoms with Gasteiger partial charge in [-0.25, -0.2) is 0 Å². The van der Waals surface area contributed by atoms with Gasteiger partial charge in [0, 0.05) is 19.1 Å². The maximum absolute atomic E-state index is 13.1. The van der Waals surface area contributed by atoms with Crippen molar-refractivity contribution in [2.45, 2.75) is 50.9 Å². The molecule has 1 aromatic heterocycles. The van der Waals surface area contributed by atoms with Crippen LogP contribution in [0.3, 0.4) is 0 Å². The van der Waals surface area contributed by atoms with Gasteiger partial charge in [0.2, 0.25) is 5.91 Å². The Bertz CT molecular complexity index is 800. The molecule has 0 N–H and O–H groups in total.